The Labute approximate surface area is 107 Å². The molecular weight excluding hydrogens is 234 g/mol. The van der Waals surface area contributed by atoms with Crippen molar-refractivity contribution in [2.45, 2.75) is 63.2 Å². The second-order valence-corrected chi connectivity index (χ2v) is 5.86. The van der Waals surface area contributed by atoms with Crippen molar-refractivity contribution in [3.8, 4) is 0 Å². The molecule has 0 spiro atoms. The Morgan fingerprint density at radius 1 is 1.50 bits per heavy atom. The van der Waals surface area contributed by atoms with E-state index in [4.69, 9.17) is 0 Å². The lowest BCUT2D eigenvalue weighted by Gasteiger charge is -2.39. The molecule has 4 atom stereocenters. The molecular formula is C13H23NO4. The van der Waals surface area contributed by atoms with Gasteiger partial charge in [0.1, 0.15) is 5.54 Å². The van der Waals surface area contributed by atoms with Gasteiger partial charge >= 0.3 is 5.97 Å². The van der Waals surface area contributed by atoms with Crippen LogP contribution in [0.2, 0.25) is 0 Å². The van der Waals surface area contributed by atoms with Gasteiger partial charge in [-0.1, -0.05) is 12.8 Å². The Hall–Kier alpha value is -0.650. The summed E-state index contributed by atoms with van der Waals surface area (Å²) in [5.74, 6) is -0.839. The number of aliphatic hydroxyl groups excluding tert-OH is 2. The molecule has 104 valence electrons. The van der Waals surface area contributed by atoms with Crippen LogP contribution in [0.3, 0.4) is 0 Å². The summed E-state index contributed by atoms with van der Waals surface area (Å²) in [6, 6.07) is 0. The van der Waals surface area contributed by atoms with Crippen LogP contribution < -0.4 is 5.32 Å². The first-order valence-electron chi connectivity index (χ1n) is 6.79. The summed E-state index contributed by atoms with van der Waals surface area (Å²) in [4.78, 5) is 11.6. The Bertz CT molecular complexity index is 333. The molecule has 0 aromatic rings. The molecule has 18 heavy (non-hydrogen) atoms. The summed E-state index contributed by atoms with van der Waals surface area (Å²) >= 11 is 0. The first-order chi connectivity index (χ1) is 8.44. The molecule has 5 heteroatoms. The fourth-order valence-corrected chi connectivity index (χ4v) is 3.93. The number of carbonyl (C=O) groups is 1. The van der Waals surface area contributed by atoms with Crippen LogP contribution in [-0.4, -0.2) is 45.6 Å². The zero-order valence-electron chi connectivity index (χ0n) is 10.9. The zero-order chi connectivity index (χ0) is 13.4. The van der Waals surface area contributed by atoms with E-state index in [1.54, 1.807) is 6.92 Å². The standard InChI is InChI=1S/C13H23NO4/c1-9(15)4-2-5-12-6-3-7-13(12,11(17)18)14-8-10(12)16/h9-10,14-16H,2-8H2,1H3,(H,17,18). The van der Waals surface area contributed by atoms with Gasteiger partial charge in [0.25, 0.3) is 0 Å². The normalized spacial score (nSPS) is 40.7. The summed E-state index contributed by atoms with van der Waals surface area (Å²) in [5, 5.41) is 32.1. The first kappa shape index (κ1) is 13.8. The minimum Gasteiger partial charge on any atom is -0.480 e. The van der Waals surface area contributed by atoms with Crippen molar-refractivity contribution in [1.82, 2.24) is 5.32 Å². The smallest absolute Gasteiger partial charge is 0.324 e. The van der Waals surface area contributed by atoms with Crippen LogP contribution in [0, 0.1) is 5.41 Å². The molecule has 1 heterocycles. The number of carboxylic acid groups (broad SMARTS) is 1. The van der Waals surface area contributed by atoms with E-state index in [0.717, 1.165) is 19.3 Å². The van der Waals surface area contributed by atoms with Gasteiger partial charge in [-0.2, -0.15) is 0 Å². The van der Waals surface area contributed by atoms with Crippen molar-refractivity contribution in [3.05, 3.63) is 0 Å². The maximum absolute atomic E-state index is 11.6. The number of nitrogens with one attached hydrogen (secondary N) is 1. The third kappa shape index (κ3) is 1.85. The van der Waals surface area contributed by atoms with E-state index < -0.39 is 23.0 Å². The number of hydrogen-bond donors (Lipinski definition) is 4. The van der Waals surface area contributed by atoms with Crippen molar-refractivity contribution < 1.29 is 20.1 Å². The van der Waals surface area contributed by atoms with E-state index in [-0.39, 0.29) is 6.10 Å². The molecule has 0 bridgehead atoms. The second-order valence-electron chi connectivity index (χ2n) is 5.86. The molecule has 1 aliphatic carbocycles. The minimum atomic E-state index is -0.953. The van der Waals surface area contributed by atoms with Gasteiger partial charge in [0.05, 0.1) is 12.2 Å². The monoisotopic (exact) mass is 257 g/mol. The third-order valence-electron chi connectivity index (χ3n) is 4.87. The van der Waals surface area contributed by atoms with Crippen LogP contribution in [0.5, 0.6) is 0 Å². The molecule has 0 aromatic heterocycles. The van der Waals surface area contributed by atoms with Gasteiger partial charge in [-0.05, 0) is 32.6 Å². The predicted octanol–water partition coefficient (Wildman–Crippen LogP) is 0.495. The SMILES string of the molecule is CC(O)CCCC12CCCC1(C(=O)O)NCC2O. The quantitative estimate of drug-likeness (QED) is 0.576. The van der Waals surface area contributed by atoms with Crippen molar-refractivity contribution in [1.29, 1.82) is 0 Å². The van der Waals surface area contributed by atoms with Gasteiger partial charge in [0, 0.05) is 12.0 Å². The lowest BCUT2D eigenvalue weighted by molar-refractivity contribution is -0.150. The molecule has 0 aromatic carbocycles. The van der Waals surface area contributed by atoms with Crippen molar-refractivity contribution in [2.24, 2.45) is 5.41 Å². The van der Waals surface area contributed by atoms with E-state index in [0.29, 0.717) is 25.8 Å². The summed E-state index contributed by atoms with van der Waals surface area (Å²) < 4.78 is 0. The topological polar surface area (TPSA) is 89.8 Å². The predicted molar refractivity (Wildman–Crippen MR) is 66.2 cm³/mol. The van der Waals surface area contributed by atoms with E-state index in [9.17, 15) is 20.1 Å². The highest BCUT2D eigenvalue weighted by Crippen LogP contribution is 2.55. The maximum atomic E-state index is 11.6. The number of aliphatic hydroxyl groups is 2. The molecule has 5 nitrogen and oxygen atoms in total. The number of carboxylic acids is 1. The molecule has 1 aliphatic heterocycles. The number of β-amino-alcohol motifs (C(OH)–C–C–N with tert-alkyl or cyclic N) is 1. The maximum Gasteiger partial charge on any atom is 0.324 e. The van der Waals surface area contributed by atoms with Crippen LogP contribution in [0.1, 0.15) is 45.4 Å². The van der Waals surface area contributed by atoms with Crippen molar-refractivity contribution in [2.75, 3.05) is 6.54 Å². The highest BCUT2D eigenvalue weighted by Gasteiger charge is 2.66. The summed E-state index contributed by atoms with van der Waals surface area (Å²) in [6.07, 6.45) is 3.30. The third-order valence-corrected chi connectivity index (χ3v) is 4.87. The van der Waals surface area contributed by atoms with Crippen LogP contribution in [-0.2, 0) is 4.79 Å². The minimum absolute atomic E-state index is 0.362. The van der Waals surface area contributed by atoms with Gasteiger partial charge in [-0.25, -0.2) is 0 Å². The Kier molecular flexibility index (Phi) is 3.67. The lowest BCUT2D eigenvalue weighted by Crippen LogP contribution is -2.56. The molecule has 1 saturated heterocycles. The fraction of sp³-hybridized carbons (Fsp3) is 0.923. The average molecular weight is 257 g/mol. The summed E-state index contributed by atoms with van der Waals surface area (Å²) in [5.41, 5.74) is -1.50. The van der Waals surface area contributed by atoms with Gasteiger partial charge in [-0.3, -0.25) is 10.1 Å². The number of hydrogen-bond acceptors (Lipinski definition) is 4. The van der Waals surface area contributed by atoms with Crippen LogP contribution in [0.25, 0.3) is 0 Å². The van der Waals surface area contributed by atoms with Gasteiger partial charge in [-0.15, -0.1) is 0 Å². The number of aliphatic carboxylic acids is 1. The summed E-state index contributed by atoms with van der Waals surface area (Å²) in [6.45, 7) is 2.10. The molecule has 0 radical (unpaired) electrons. The Morgan fingerprint density at radius 3 is 2.83 bits per heavy atom. The van der Waals surface area contributed by atoms with E-state index >= 15 is 0 Å². The molecule has 2 aliphatic rings. The van der Waals surface area contributed by atoms with Crippen LogP contribution in [0.4, 0.5) is 0 Å². The van der Waals surface area contributed by atoms with E-state index in [1.807, 2.05) is 0 Å². The molecule has 4 N–H and O–H groups in total. The van der Waals surface area contributed by atoms with Crippen molar-refractivity contribution >= 4 is 5.97 Å². The zero-order valence-corrected chi connectivity index (χ0v) is 10.9. The highest BCUT2D eigenvalue weighted by molar-refractivity contribution is 5.81. The van der Waals surface area contributed by atoms with Gasteiger partial charge < -0.3 is 15.3 Å². The molecule has 0 amide bonds. The molecule has 1 saturated carbocycles. The Balaban J connectivity index is 2.17. The molecule has 2 rings (SSSR count). The van der Waals surface area contributed by atoms with Gasteiger partial charge in [0.2, 0.25) is 0 Å². The van der Waals surface area contributed by atoms with Crippen molar-refractivity contribution in [3.63, 3.8) is 0 Å². The number of fused-ring (bicyclic) bond motifs is 1. The highest BCUT2D eigenvalue weighted by atomic mass is 16.4. The lowest BCUT2D eigenvalue weighted by atomic mass is 9.68. The fourth-order valence-electron chi connectivity index (χ4n) is 3.93. The van der Waals surface area contributed by atoms with Gasteiger partial charge in [0.15, 0.2) is 0 Å². The Morgan fingerprint density at radius 2 is 2.22 bits per heavy atom. The molecule has 4 unspecified atom stereocenters. The number of rotatable bonds is 5. The van der Waals surface area contributed by atoms with E-state index in [2.05, 4.69) is 5.32 Å². The first-order valence-corrected chi connectivity index (χ1v) is 6.79. The largest absolute Gasteiger partial charge is 0.480 e. The average Bonchev–Trinajstić information content (AvgIpc) is 2.77. The summed E-state index contributed by atoms with van der Waals surface area (Å²) in [7, 11) is 0. The second kappa shape index (κ2) is 4.79. The molecule has 2 fully saturated rings. The van der Waals surface area contributed by atoms with Crippen LogP contribution in [0.15, 0.2) is 0 Å². The van der Waals surface area contributed by atoms with E-state index in [1.165, 1.54) is 0 Å². The van der Waals surface area contributed by atoms with Crippen LogP contribution >= 0.6 is 0 Å².